The molecular formula is C20H16N2OS. The topological polar surface area (TPSA) is 25.4 Å². The zero-order chi connectivity index (χ0) is 16.2. The molecule has 118 valence electrons. The number of pyridine rings is 1. The van der Waals surface area contributed by atoms with Gasteiger partial charge in [-0.2, -0.15) is 5.06 Å². The van der Waals surface area contributed by atoms with Gasteiger partial charge in [0.2, 0.25) is 0 Å². The highest BCUT2D eigenvalue weighted by Gasteiger charge is 2.12. The molecule has 4 aromatic rings. The summed E-state index contributed by atoms with van der Waals surface area (Å²) in [6.45, 7) is 0.840. The lowest BCUT2D eigenvalue weighted by molar-refractivity contribution is 0.249. The van der Waals surface area contributed by atoms with Gasteiger partial charge >= 0.3 is 0 Å². The van der Waals surface area contributed by atoms with Gasteiger partial charge in [0.25, 0.3) is 0 Å². The van der Waals surface area contributed by atoms with E-state index in [0.29, 0.717) is 0 Å². The van der Waals surface area contributed by atoms with Gasteiger partial charge in [0.05, 0.1) is 12.1 Å². The Morgan fingerprint density at radius 2 is 1.71 bits per heavy atom. The molecule has 2 aromatic heterocycles. The SMILES string of the molecule is C1=CON(c2cc3ccccc3s2)C1.c1ccc2ncccc2c1. The second-order valence-electron chi connectivity index (χ2n) is 5.36. The molecule has 0 spiro atoms. The lowest BCUT2D eigenvalue weighted by Crippen LogP contribution is -2.14. The summed E-state index contributed by atoms with van der Waals surface area (Å²) < 4.78 is 1.30. The number of fused-ring (bicyclic) bond motifs is 2. The molecule has 0 bridgehead atoms. The van der Waals surface area contributed by atoms with Crippen LogP contribution in [0.25, 0.3) is 21.0 Å². The molecule has 2 aromatic carbocycles. The highest BCUT2D eigenvalue weighted by atomic mass is 32.1. The molecule has 0 atom stereocenters. The maximum absolute atomic E-state index is 5.33. The summed E-state index contributed by atoms with van der Waals surface area (Å²) in [7, 11) is 0. The van der Waals surface area contributed by atoms with Gasteiger partial charge in [-0.25, -0.2) is 0 Å². The normalized spacial score (nSPS) is 12.9. The second kappa shape index (κ2) is 6.72. The minimum absolute atomic E-state index is 0.840. The fourth-order valence-electron chi connectivity index (χ4n) is 2.55. The number of anilines is 1. The largest absolute Gasteiger partial charge is 0.387 e. The average molecular weight is 332 g/mol. The van der Waals surface area contributed by atoms with Gasteiger partial charge < -0.3 is 4.84 Å². The van der Waals surface area contributed by atoms with Crippen LogP contribution in [-0.4, -0.2) is 11.5 Å². The third-order valence-electron chi connectivity index (χ3n) is 3.73. The van der Waals surface area contributed by atoms with Crippen molar-refractivity contribution in [1.82, 2.24) is 4.98 Å². The van der Waals surface area contributed by atoms with Gasteiger partial charge in [-0.05, 0) is 35.7 Å². The zero-order valence-corrected chi connectivity index (χ0v) is 13.8. The molecule has 1 aliphatic rings. The van der Waals surface area contributed by atoms with E-state index in [4.69, 9.17) is 4.84 Å². The number of hydrogen-bond donors (Lipinski definition) is 0. The van der Waals surface area contributed by atoms with Crippen LogP contribution in [0.2, 0.25) is 0 Å². The fraction of sp³-hybridized carbons (Fsp3) is 0.0500. The summed E-state index contributed by atoms with van der Waals surface area (Å²) in [5.74, 6) is 0. The van der Waals surface area contributed by atoms with E-state index in [1.165, 1.54) is 15.5 Å². The third-order valence-corrected chi connectivity index (χ3v) is 4.85. The highest BCUT2D eigenvalue weighted by molar-refractivity contribution is 7.22. The number of benzene rings is 2. The van der Waals surface area contributed by atoms with Crippen molar-refractivity contribution in [2.24, 2.45) is 0 Å². The van der Waals surface area contributed by atoms with E-state index >= 15 is 0 Å². The Morgan fingerprint density at radius 1 is 0.917 bits per heavy atom. The Kier molecular flexibility index (Phi) is 4.13. The van der Waals surface area contributed by atoms with E-state index < -0.39 is 0 Å². The van der Waals surface area contributed by atoms with Gasteiger partial charge in [-0.3, -0.25) is 4.98 Å². The minimum Gasteiger partial charge on any atom is -0.387 e. The van der Waals surface area contributed by atoms with E-state index in [0.717, 1.165) is 17.1 Å². The van der Waals surface area contributed by atoms with Crippen LogP contribution >= 0.6 is 11.3 Å². The molecule has 0 aliphatic carbocycles. The summed E-state index contributed by atoms with van der Waals surface area (Å²) >= 11 is 1.76. The van der Waals surface area contributed by atoms with Crippen molar-refractivity contribution >= 4 is 37.3 Å². The lowest BCUT2D eigenvalue weighted by Gasteiger charge is -2.12. The van der Waals surface area contributed by atoms with Crippen molar-refractivity contribution in [3.05, 3.63) is 85.3 Å². The van der Waals surface area contributed by atoms with E-state index in [-0.39, 0.29) is 0 Å². The van der Waals surface area contributed by atoms with Crippen LogP contribution in [0.5, 0.6) is 0 Å². The van der Waals surface area contributed by atoms with Gasteiger partial charge in [-0.15, -0.1) is 11.3 Å². The summed E-state index contributed by atoms with van der Waals surface area (Å²) in [4.78, 5) is 9.51. The predicted molar refractivity (Wildman–Crippen MR) is 101 cm³/mol. The van der Waals surface area contributed by atoms with Gasteiger partial charge in [0, 0.05) is 16.3 Å². The summed E-state index contributed by atoms with van der Waals surface area (Å²) in [6.07, 6.45) is 5.54. The quantitative estimate of drug-likeness (QED) is 0.466. The first-order chi connectivity index (χ1) is 11.9. The summed E-state index contributed by atoms with van der Waals surface area (Å²) in [5.41, 5.74) is 1.06. The van der Waals surface area contributed by atoms with Crippen LogP contribution in [0.1, 0.15) is 0 Å². The van der Waals surface area contributed by atoms with Gasteiger partial charge in [0.1, 0.15) is 11.3 Å². The molecular weight excluding hydrogens is 316 g/mol. The van der Waals surface area contributed by atoms with Crippen molar-refractivity contribution in [2.45, 2.75) is 0 Å². The van der Waals surface area contributed by atoms with E-state index in [2.05, 4.69) is 47.4 Å². The van der Waals surface area contributed by atoms with Crippen molar-refractivity contribution in [2.75, 3.05) is 11.6 Å². The first kappa shape index (κ1) is 14.7. The second-order valence-corrected chi connectivity index (χ2v) is 6.42. The summed E-state index contributed by atoms with van der Waals surface area (Å²) in [5, 5.41) is 5.54. The standard InChI is InChI=1S/C11H9NOS.C9H7N/c1-2-5-10-9(4-1)8-11(14-10)12-6-3-7-13-12;1-2-6-9-8(4-1)5-3-7-10-9/h1-5,7-8H,6H2;1-7H. The van der Waals surface area contributed by atoms with E-state index in [1.54, 1.807) is 17.6 Å². The molecule has 3 heterocycles. The van der Waals surface area contributed by atoms with Crippen LogP contribution in [0.4, 0.5) is 5.00 Å². The number of para-hydroxylation sites is 1. The number of rotatable bonds is 1. The van der Waals surface area contributed by atoms with Crippen LogP contribution in [0, 0.1) is 0 Å². The number of thiophene rings is 1. The molecule has 0 fully saturated rings. The van der Waals surface area contributed by atoms with E-state index in [1.807, 2.05) is 41.6 Å². The fourth-order valence-corrected chi connectivity index (χ4v) is 3.57. The highest BCUT2D eigenvalue weighted by Crippen LogP contribution is 2.33. The third kappa shape index (κ3) is 3.09. The van der Waals surface area contributed by atoms with Crippen LogP contribution < -0.4 is 5.06 Å². The monoisotopic (exact) mass is 332 g/mol. The van der Waals surface area contributed by atoms with Gasteiger partial charge in [-0.1, -0.05) is 42.5 Å². The Morgan fingerprint density at radius 3 is 2.50 bits per heavy atom. The summed E-state index contributed by atoms with van der Waals surface area (Å²) in [6, 6.07) is 22.6. The molecule has 0 amide bonds. The molecule has 5 rings (SSSR count). The van der Waals surface area contributed by atoms with Crippen molar-refractivity contribution in [3.63, 3.8) is 0 Å². The Bertz CT molecular complexity index is 886. The molecule has 3 nitrogen and oxygen atoms in total. The maximum atomic E-state index is 5.33. The Labute approximate surface area is 144 Å². The maximum Gasteiger partial charge on any atom is 0.129 e. The van der Waals surface area contributed by atoms with Crippen molar-refractivity contribution in [1.29, 1.82) is 0 Å². The van der Waals surface area contributed by atoms with Crippen LogP contribution in [-0.2, 0) is 4.84 Å². The average Bonchev–Trinajstić information content (AvgIpc) is 3.31. The smallest absolute Gasteiger partial charge is 0.129 e. The van der Waals surface area contributed by atoms with E-state index in [9.17, 15) is 0 Å². The molecule has 0 N–H and O–H groups in total. The first-order valence-electron chi connectivity index (χ1n) is 7.78. The molecule has 24 heavy (non-hydrogen) atoms. The number of aromatic nitrogens is 1. The molecule has 4 heteroatoms. The predicted octanol–water partition coefficient (Wildman–Crippen LogP) is 5.40. The molecule has 0 saturated heterocycles. The first-order valence-corrected chi connectivity index (χ1v) is 8.59. The lowest BCUT2D eigenvalue weighted by atomic mass is 10.2. The molecule has 1 aliphatic heterocycles. The molecule has 0 saturated carbocycles. The molecule has 0 unspecified atom stereocenters. The van der Waals surface area contributed by atoms with Crippen LogP contribution in [0.15, 0.2) is 85.3 Å². The Hall–Kier alpha value is -2.85. The number of nitrogens with zero attached hydrogens (tertiary/aromatic N) is 2. The molecule has 0 radical (unpaired) electrons. The number of hydroxylamine groups is 1. The zero-order valence-electron chi connectivity index (χ0n) is 13.0. The minimum atomic E-state index is 0.840. The van der Waals surface area contributed by atoms with Gasteiger partial charge in [0.15, 0.2) is 0 Å². The number of hydrogen-bond acceptors (Lipinski definition) is 4. The Balaban J connectivity index is 0.000000129. The van der Waals surface area contributed by atoms with Crippen molar-refractivity contribution < 1.29 is 4.84 Å². The van der Waals surface area contributed by atoms with Crippen LogP contribution in [0.3, 0.4) is 0 Å². The van der Waals surface area contributed by atoms with Crippen molar-refractivity contribution in [3.8, 4) is 0 Å².